The number of rotatable bonds is 3. The van der Waals surface area contributed by atoms with Crippen molar-refractivity contribution in [1.82, 2.24) is 0 Å². The molecule has 0 radical (unpaired) electrons. The molecule has 3 nitrogen and oxygen atoms in total. The fourth-order valence-corrected chi connectivity index (χ4v) is 2.55. The molecule has 1 aliphatic rings. The number of carboxylic acids is 1. The molecule has 0 saturated heterocycles. The largest absolute Gasteiger partial charge is 0.508 e. The molecule has 1 aromatic carbocycles. The van der Waals surface area contributed by atoms with Crippen LogP contribution in [-0.4, -0.2) is 16.2 Å². The van der Waals surface area contributed by atoms with Gasteiger partial charge in [0.1, 0.15) is 5.75 Å². The third-order valence-electron chi connectivity index (χ3n) is 3.58. The highest BCUT2D eigenvalue weighted by Gasteiger charge is 2.62. The van der Waals surface area contributed by atoms with E-state index in [0.717, 1.165) is 5.56 Å². The third-order valence-corrected chi connectivity index (χ3v) is 3.58. The van der Waals surface area contributed by atoms with Crippen molar-refractivity contribution in [3.05, 3.63) is 29.8 Å². The summed E-state index contributed by atoms with van der Waals surface area (Å²) in [6.07, 6.45) is 0.699. The van der Waals surface area contributed by atoms with Gasteiger partial charge in [-0.25, -0.2) is 0 Å². The Morgan fingerprint density at radius 2 is 1.94 bits per heavy atom. The molecular weight excluding hydrogens is 204 g/mol. The van der Waals surface area contributed by atoms with E-state index < -0.39 is 11.4 Å². The standard InChI is InChI=1S/C13H16O3/c1-8(2)11-7-13(11,12(15)16)9-3-5-10(14)6-4-9/h3-6,8,11,14H,7H2,1-2H3,(H,15,16). The van der Waals surface area contributed by atoms with Crippen LogP contribution in [0, 0.1) is 11.8 Å². The van der Waals surface area contributed by atoms with Crippen molar-refractivity contribution in [3.8, 4) is 5.75 Å². The molecule has 0 aliphatic heterocycles. The second-order valence-electron chi connectivity index (χ2n) is 4.88. The van der Waals surface area contributed by atoms with Gasteiger partial charge < -0.3 is 10.2 Å². The molecule has 2 atom stereocenters. The van der Waals surface area contributed by atoms with Crippen molar-refractivity contribution in [2.24, 2.45) is 11.8 Å². The molecule has 1 aliphatic carbocycles. The number of carboxylic acid groups (broad SMARTS) is 1. The summed E-state index contributed by atoms with van der Waals surface area (Å²) in [6.45, 7) is 4.10. The SMILES string of the molecule is CC(C)C1CC1(C(=O)O)c1ccc(O)cc1. The molecule has 16 heavy (non-hydrogen) atoms. The summed E-state index contributed by atoms with van der Waals surface area (Å²) in [5.74, 6) is -0.0117. The van der Waals surface area contributed by atoms with E-state index in [1.54, 1.807) is 24.3 Å². The molecular formula is C13H16O3. The van der Waals surface area contributed by atoms with Crippen LogP contribution < -0.4 is 0 Å². The molecule has 86 valence electrons. The van der Waals surface area contributed by atoms with Gasteiger partial charge in [-0.15, -0.1) is 0 Å². The molecule has 1 fully saturated rings. The van der Waals surface area contributed by atoms with Gasteiger partial charge in [-0.2, -0.15) is 0 Å². The minimum absolute atomic E-state index is 0.172. The highest BCUT2D eigenvalue weighted by molar-refractivity contribution is 5.86. The van der Waals surface area contributed by atoms with Crippen LogP contribution in [0.5, 0.6) is 5.75 Å². The Balaban J connectivity index is 2.36. The van der Waals surface area contributed by atoms with E-state index in [-0.39, 0.29) is 11.7 Å². The van der Waals surface area contributed by atoms with E-state index in [2.05, 4.69) is 13.8 Å². The molecule has 0 aromatic heterocycles. The lowest BCUT2D eigenvalue weighted by atomic mass is 9.89. The monoisotopic (exact) mass is 220 g/mol. The van der Waals surface area contributed by atoms with Crippen LogP contribution in [0.15, 0.2) is 24.3 Å². The highest BCUT2D eigenvalue weighted by Crippen LogP contribution is 2.58. The first-order valence-electron chi connectivity index (χ1n) is 5.51. The summed E-state index contributed by atoms with van der Waals surface area (Å²) >= 11 is 0. The summed E-state index contributed by atoms with van der Waals surface area (Å²) in [6, 6.07) is 6.53. The van der Waals surface area contributed by atoms with Gasteiger partial charge in [0.25, 0.3) is 0 Å². The minimum Gasteiger partial charge on any atom is -0.508 e. The Morgan fingerprint density at radius 3 is 2.31 bits per heavy atom. The average molecular weight is 220 g/mol. The van der Waals surface area contributed by atoms with Crippen molar-refractivity contribution in [3.63, 3.8) is 0 Å². The zero-order valence-electron chi connectivity index (χ0n) is 9.47. The van der Waals surface area contributed by atoms with Gasteiger partial charge >= 0.3 is 5.97 Å². The van der Waals surface area contributed by atoms with Crippen molar-refractivity contribution in [1.29, 1.82) is 0 Å². The Morgan fingerprint density at radius 1 is 1.38 bits per heavy atom. The molecule has 1 saturated carbocycles. The summed E-state index contributed by atoms with van der Waals surface area (Å²) in [4.78, 5) is 11.4. The zero-order chi connectivity index (χ0) is 11.9. The number of carbonyl (C=O) groups is 1. The first kappa shape index (κ1) is 11.0. The van der Waals surface area contributed by atoms with Crippen LogP contribution >= 0.6 is 0 Å². The van der Waals surface area contributed by atoms with E-state index in [4.69, 9.17) is 0 Å². The number of benzene rings is 1. The van der Waals surface area contributed by atoms with Crippen molar-refractivity contribution in [2.75, 3.05) is 0 Å². The minimum atomic E-state index is -0.753. The average Bonchev–Trinajstić information content (AvgIpc) is 2.95. The second-order valence-corrected chi connectivity index (χ2v) is 4.88. The number of hydrogen-bond acceptors (Lipinski definition) is 2. The zero-order valence-corrected chi connectivity index (χ0v) is 9.47. The maximum absolute atomic E-state index is 11.4. The lowest BCUT2D eigenvalue weighted by Crippen LogP contribution is -2.24. The van der Waals surface area contributed by atoms with Gasteiger partial charge in [0, 0.05) is 0 Å². The van der Waals surface area contributed by atoms with E-state index >= 15 is 0 Å². The van der Waals surface area contributed by atoms with E-state index in [9.17, 15) is 15.0 Å². The van der Waals surface area contributed by atoms with Gasteiger partial charge in [-0.1, -0.05) is 26.0 Å². The number of phenolic OH excluding ortho intramolecular Hbond substituents is 1. The molecule has 0 amide bonds. The number of hydrogen-bond donors (Lipinski definition) is 2. The molecule has 1 aromatic rings. The Bertz CT molecular complexity index is 408. The molecule has 2 N–H and O–H groups in total. The van der Waals surface area contributed by atoms with Gasteiger partial charge in [0.05, 0.1) is 5.41 Å². The number of aromatic hydroxyl groups is 1. The lowest BCUT2D eigenvalue weighted by molar-refractivity contribution is -0.140. The normalized spacial score (nSPS) is 28.1. The van der Waals surface area contributed by atoms with Crippen LogP contribution in [0.2, 0.25) is 0 Å². The quantitative estimate of drug-likeness (QED) is 0.822. The van der Waals surface area contributed by atoms with E-state index in [1.165, 1.54) is 0 Å². The third kappa shape index (κ3) is 1.47. The van der Waals surface area contributed by atoms with Crippen LogP contribution in [0.4, 0.5) is 0 Å². The molecule has 0 spiro atoms. The smallest absolute Gasteiger partial charge is 0.314 e. The summed E-state index contributed by atoms with van der Waals surface area (Å²) in [5.41, 5.74) is 0.0819. The maximum Gasteiger partial charge on any atom is 0.314 e. The van der Waals surface area contributed by atoms with Gasteiger partial charge in [-0.05, 0) is 36.0 Å². The highest BCUT2D eigenvalue weighted by atomic mass is 16.4. The van der Waals surface area contributed by atoms with Crippen molar-refractivity contribution < 1.29 is 15.0 Å². The predicted molar refractivity (Wildman–Crippen MR) is 60.4 cm³/mol. The molecule has 2 unspecified atom stereocenters. The van der Waals surface area contributed by atoms with Gasteiger partial charge in [0.2, 0.25) is 0 Å². The molecule has 0 bridgehead atoms. The fourth-order valence-electron chi connectivity index (χ4n) is 2.55. The first-order valence-corrected chi connectivity index (χ1v) is 5.51. The van der Waals surface area contributed by atoms with Gasteiger partial charge in [0.15, 0.2) is 0 Å². The number of phenols is 1. The number of aliphatic carboxylic acids is 1. The van der Waals surface area contributed by atoms with Crippen LogP contribution in [0.3, 0.4) is 0 Å². The Labute approximate surface area is 94.7 Å². The molecule has 0 heterocycles. The van der Waals surface area contributed by atoms with Crippen molar-refractivity contribution >= 4 is 5.97 Å². The van der Waals surface area contributed by atoms with E-state index in [1.807, 2.05) is 0 Å². The van der Waals surface area contributed by atoms with E-state index in [0.29, 0.717) is 12.3 Å². The Kier molecular flexibility index (Phi) is 2.41. The fraction of sp³-hybridized carbons (Fsp3) is 0.462. The summed E-state index contributed by atoms with van der Waals surface area (Å²) in [5, 5.41) is 18.6. The van der Waals surface area contributed by atoms with Crippen molar-refractivity contribution in [2.45, 2.75) is 25.7 Å². The Hall–Kier alpha value is -1.51. The summed E-state index contributed by atoms with van der Waals surface area (Å²) in [7, 11) is 0. The van der Waals surface area contributed by atoms with Crippen LogP contribution in [-0.2, 0) is 10.2 Å². The molecule has 3 heteroatoms. The predicted octanol–water partition coefficient (Wildman–Crippen LogP) is 2.39. The van der Waals surface area contributed by atoms with Crippen LogP contribution in [0.25, 0.3) is 0 Å². The summed E-state index contributed by atoms with van der Waals surface area (Å²) < 4.78 is 0. The first-order chi connectivity index (χ1) is 7.48. The second kappa shape index (κ2) is 3.51. The topological polar surface area (TPSA) is 57.5 Å². The van der Waals surface area contributed by atoms with Gasteiger partial charge in [-0.3, -0.25) is 4.79 Å². The maximum atomic E-state index is 11.4. The molecule has 2 rings (SSSR count). The van der Waals surface area contributed by atoms with Crippen LogP contribution in [0.1, 0.15) is 25.8 Å². The lowest BCUT2D eigenvalue weighted by Gasteiger charge is -2.14.